The SMILES string of the molecule is CCC(C)(C)C1CCc2c(sc(NC(=O)Cn3cnc4sccc4c3=O)c2C#N)C1. The number of thiophene rings is 2. The quantitative estimate of drug-likeness (QED) is 0.629. The summed E-state index contributed by atoms with van der Waals surface area (Å²) < 4.78 is 1.31. The first-order valence-electron chi connectivity index (χ1n) is 10.1. The molecule has 30 heavy (non-hydrogen) atoms. The van der Waals surface area contributed by atoms with Gasteiger partial charge in [0.25, 0.3) is 5.56 Å². The van der Waals surface area contributed by atoms with E-state index in [9.17, 15) is 14.9 Å². The third-order valence-corrected chi connectivity index (χ3v) is 8.40. The molecule has 0 bridgehead atoms. The van der Waals surface area contributed by atoms with Gasteiger partial charge in [-0.1, -0.05) is 27.2 Å². The molecule has 0 radical (unpaired) electrons. The van der Waals surface area contributed by atoms with Gasteiger partial charge in [-0.05, 0) is 47.6 Å². The van der Waals surface area contributed by atoms with Crippen LogP contribution in [0.1, 0.15) is 49.6 Å². The van der Waals surface area contributed by atoms with Gasteiger partial charge < -0.3 is 5.32 Å². The van der Waals surface area contributed by atoms with Crippen molar-refractivity contribution in [3.05, 3.63) is 44.1 Å². The third kappa shape index (κ3) is 3.68. The van der Waals surface area contributed by atoms with Crippen LogP contribution in [0, 0.1) is 22.7 Å². The van der Waals surface area contributed by atoms with Crippen molar-refractivity contribution >= 4 is 43.8 Å². The van der Waals surface area contributed by atoms with Gasteiger partial charge in [0.2, 0.25) is 5.91 Å². The number of hydrogen-bond donors (Lipinski definition) is 1. The van der Waals surface area contributed by atoms with Crippen molar-refractivity contribution in [1.82, 2.24) is 9.55 Å². The molecule has 0 fully saturated rings. The van der Waals surface area contributed by atoms with E-state index in [1.165, 1.54) is 38.4 Å². The molecule has 0 saturated heterocycles. The zero-order chi connectivity index (χ0) is 21.5. The Labute approximate surface area is 183 Å². The molecule has 1 aliphatic carbocycles. The van der Waals surface area contributed by atoms with E-state index >= 15 is 0 Å². The number of nitrogens with one attached hydrogen (secondary N) is 1. The van der Waals surface area contributed by atoms with E-state index in [2.05, 4.69) is 37.1 Å². The summed E-state index contributed by atoms with van der Waals surface area (Å²) in [5.41, 5.74) is 1.69. The molecule has 0 saturated carbocycles. The molecule has 1 amide bonds. The second-order valence-electron chi connectivity index (χ2n) is 8.47. The molecule has 8 heteroatoms. The van der Waals surface area contributed by atoms with Crippen LogP contribution in [-0.4, -0.2) is 15.5 Å². The number of carbonyl (C=O) groups excluding carboxylic acids is 1. The van der Waals surface area contributed by atoms with Gasteiger partial charge in [-0.25, -0.2) is 4.98 Å². The standard InChI is InChI=1S/C22H24N4O2S2/c1-4-22(2,3)13-5-6-14-16(10-23)20(30-17(14)9-13)25-18(27)11-26-12-24-19-15(21(26)28)7-8-29-19/h7-8,12-13H,4-6,9,11H2,1-3H3,(H,25,27). The lowest BCUT2D eigenvalue weighted by atomic mass is 9.69. The Hall–Kier alpha value is -2.50. The maximum Gasteiger partial charge on any atom is 0.262 e. The number of anilines is 1. The summed E-state index contributed by atoms with van der Waals surface area (Å²) in [6, 6.07) is 4.01. The van der Waals surface area contributed by atoms with Gasteiger partial charge >= 0.3 is 0 Å². The minimum atomic E-state index is -0.325. The summed E-state index contributed by atoms with van der Waals surface area (Å²) in [5.74, 6) is 0.250. The maximum atomic E-state index is 12.7. The van der Waals surface area contributed by atoms with E-state index < -0.39 is 0 Å². The molecule has 1 aliphatic rings. The van der Waals surface area contributed by atoms with E-state index in [-0.39, 0.29) is 23.4 Å². The molecule has 3 aromatic rings. The topological polar surface area (TPSA) is 87.8 Å². The molecule has 1 unspecified atom stereocenters. The number of fused-ring (bicyclic) bond motifs is 2. The predicted molar refractivity (Wildman–Crippen MR) is 121 cm³/mol. The molecule has 1 N–H and O–H groups in total. The lowest BCUT2D eigenvalue weighted by Crippen LogP contribution is -2.28. The van der Waals surface area contributed by atoms with Crippen LogP contribution in [0.4, 0.5) is 5.00 Å². The lowest BCUT2D eigenvalue weighted by molar-refractivity contribution is -0.116. The Bertz CT molecular complexity index is 1210. The number of amides is 1. The minimum absolute atomic E-state index is 0.128. The monoisotopic (exact) mass is 440 g/mol. The molecule has 1 atom stereocenters. The van der Waals surface area contributed by atoms with Crippen molar-refractivity contribution in [2.45, 2.75) is 53.0 Å². The molecule has 156 valence electrons. The van der Waals surface area contributed by atoms with E-state index in [4.69, 9.17) is 0 Å². The van der Waals surface area contributed by atoms with Crippen LogP contribution in [-0.2, 0) is 24.2 Å². The molecule has 0 spiro atoms. The average Bonchev–Trinajstić information content (AvgIpc) is 3.33. The van der Waals surface area contributed by atoms with Crippen LogP contribution < -0.4 is 10.9 Å². The number of nitriles is 1. The summed E-state index contributed by atoms with van der Waals surface area (Å²) in [6.07, 6.45) is 5.40. The fraction of sp³-hybridized carbons (Fsp3) is 0.455. The molecule has 3 aromatic heterocycles. The van der Waals surface area contributed by atoms with Gasteiger partial charge in [-0.15, -0.1) is 22.7 Å². The highest BCUT2D eigenvalue weighted by molar-refractivity contribution is 7.17. The summed E-state index contributed by atoms with van der Waals surface area (Å²) in [6.45, 7) is 6.71. The van der Waals surface area contributed by atoms with E-state index in [0.29, 0.717) is 26.7 Å². The van der Waals surface area contributed by atoms with Gasteiger partial charge in [-0.2, -0.15) is 5.26 Å². The number of nitrogens with zero attached hydrogens (tertiary/aromatic N) is 3. The first kappa shape index (κ1) is 20.8. The highest BCUT2D eigenvalue weighted by atomic mass is 32.1. The second-order valence-corrected chi connectivity index (χ2v) is 10.5. The first-order chi connectivity index (χ1) is 14.3. The predicted octanol–water partition coefficient (Wildman–Crippen LogP) is 4.57. The van der Waals surface area contributed by atoms with Crippen molar-refractivity contribution < 1.29 is 4.79 Å². The zero-order valence-corrected chi connectivity index (χ0v) is 19.0. The Balaban J connectivity index is 1.55. The van der Waals surface area contributed by atoms with Crippen LogP contribution in [0.25, 0.3) is 10.2 Å². The molecule has 4 rings (SSSR count). The van der Waals surface area contributed by atoms with Gasteiger partial charge in [-0.3, -0.25) is 14.2 Å². The van der Waals surface area contributed by atoms with Crippen LogP contribution in [0.15, 0.2) is 22.6 Å². The van der Waals surface area contributed by atoms with Gasteiger partial charge in [0.1, 0.15) is 22.4 Å². The van der Waals surface area contributed by atoms with Crippen LogP contribution >= 0.6 is 22.7 Å². The van der Waals surface area contributed by atoms with E-state index in [1.807, 2.05) is 5.38 Å². The minimum Gasteiger partial charge on any atom is -0.315 e. The van der Waals surface area contributed by atoms with Crippen molar-refractivity contribution in [1.29, 1.82) is 5.26 Å². The summed E-state index contributed by atoms with van der Waals surface area (Å²) in [5, 5.41) is 15.5. The molecular formula is C22H24N4O2S2. The fourth-order valence-electron chi connectivity index (χ4n) is 4.07. The summed E-state index contributed by atoms with van der Waals surface area (Å²) in [4.78, 5) is 31.3. The number of aromatic nitrogens is 2. The first-order valence-corrected chi connectivity index (χ1v) is 11.8. The largest absolute Gasteiger partial charge is 0.315 e. The highest BCUT2D eigenvalue weighted by Gasteiger charge is 2.34. The molecular weight excluding hydrogens is 416 g/mol. The number of hydrogen-bond acceptors (Lipinski definition) is 6. The van der Waals surface area contributed by atoms with Crippen molar-refractivity contribution in [3.8, 4) is 6.07 Å². The summed E-state index contributed by atoms with van der Waals surface area (Å²) in [7, 11) is 0. The maximum absolute atomic E-state index is 12.7. The Morgan fingerprint density at radius 1 is 1.47 bits per heavy atom. The Morgan fingerprint density at radius 2 is 2.27 bits per heavy atom. The highest BCUT2D eigenvalue weighted by Crippen LogP contribution is 2.45. The lowest BCUT2D eigenvalue weighted by Gasteiger charge is -2.36. The smallest absolute Gasteiger partial charge is 0.262 e. The Kier molecular flexibility index (Phi) is 5.51. The second kappa shape index (κ2) is 7.97. The number of rotatable bonds is 5. The van der Waals surface area contributed by atoms with Gasteiger partial charge in [0.05, 0.1) is 17.3 Å². The number of carbonyl (C=O) groups is 1. The van der Waals surface area contributed by atoms with E-state index in [1.54, 1.807) is 6.07 Å². The third-order valence-electron chi connectivity index (χ3n) is 6.41. The van der Waals surface area contributed by atoms with Gasteiger partial charge in [0.15, 0.2) is 0 Å². The Morgan fingerprint density at radius 3 is 3.00 bits per heavy atom. The van der Waals surface area contributed by atoms with Crippen molar-refractivity contribution in [2.24, 2.45) is 11.3 Å². The molecule has 0 aliphatic heterocycles. The zero-order valence-electron chi connectivity index (χ0n) is 17.3. The van der Waals surface area contributed by atoms with Crippen LogP contribution in [0.5, 0.6) is 0 Å². The normalized spacial score (nSPS) is 16.3. The van der Waals surface area contributed by atoms with E-state index in [0.717, 1.165) is 31.2 Å². The fourth-order valence-corrected chi connectivity index (χ4v) is 6.09. The van der Waals surface area contributed by atoms with Crippen molar-refractivity contribution in [3.63, 3.8) is 0 Å². The van der Waals surface area contributed by atoms with Crippen molar-refractivity contribution in [2.75, 3.05) is 5.32 Å². The van der Waals surface area contributed by atoms with Crippen LogP contribution in [0.2, 0.25) is 0 Å². The average molecular weight is 441 g/mol. The van der Waals surface area contributed by atoms with Gasteiger partial charge in [0, 0.05) is 4.88 Å². The summed E-state index contributed by atoms with van der Waals surface area (Å²) >= 11 is 2.90. The van der Waals surface area contributed by atoms with Crippen LogP contribution in [0.3, 0.4) is 0 Å². The molecule has 0 aromatic carbocycles. The molecule has 6 nitrogen and oxygen atoms in total. The molecule has 3 heterocycles.